The van der Waals surface area contributed by atoms with E-state index in [2.05, 4.69) is 20.8 Å². The van der Waals surface area contributed by atoms with Crippen molar-refractivity contribution < 1.29 is 5.11 Å². The van der Waals surface area contributed by atoms with Crippen LogP contribution in [0.4, 0.5) is 0 Å². The first-order valence-electron chi connectivity index (χ1n) is 5.29. The smallest absolute Gasteiger partial charge is 0.121 e. The van der Waals surface area contributed by atoms with E-state index in [-0.39, 0.29) is 11.5 Å². The number of phenols is 1. The number of rotatable bonds is 1. The highest BCUT2D eigenvalue weighted by Crippen LogP contribution is 2.33. The SMILES string of the molecule is Cc1cc([C@@H](N)C(C)(C)C)cc(C)c1O. The number of hydrogen-bond donors (Lipinski definition) is 2. The quantitative estimate of drug-likeness (QED) is 0.743. The van der Waals surface area contributed by atoms with Crippen molar-refractivity contribution in [1.82, 2.24) is 0 Å². The standard InChI is InChI=1S/C13H21NO/c1-8-6-10(7-9(2)11(8)15)12(14)13(3,4)5/h6-7,12,15H,14H2,1-5H3/t12-/m1/s1. The minimum Gasteiger partial charge on any atom is -0.507 e. The van der Waals surface area contributed by atoms with Crippen LogP contribution in [0.1, 0.15) is 43.5 Å². The zero-order valence-electron chi connectivity index (χ0n) is 10.3. The molecule has 0 aromatic heterocycles. The van der Waals surface area contributed by atoms with Crippen LogP contribution in [0.15, 0.2) is 12.1 Å². The predicted octanol–water partition coefficient (Wildman–Crippen LogP) is 3.05. The molecule has 15 heavy (non-hydrogen) atoms. The number of aromatic hydroxyl groups is 1. The first-order chi connectivity index (χ1) is 6.73. The summed E-state index contributed by atoms with van der Waals surface area (Å²) in [5, 5.41) is 9.67. The maximum atomic E-state index is 9.67. The second kappa shape index (κ2) is 3.86. The number of hydrogen-bond acceptors (Lipinski definition) is 2. The first kappa shape index (κ1) is 12.1. The van der Waals surface area contributed by atoms with Gasteiger partial charge in [0.15, 0.2) is 0 Å². The van der Waals surface area contributed by atoms with E-state index in [1.807, 2.05) is 26.0 Å². The summed E-state index contributed by atoms with van der Waals surface area (Å²) < 4.78 is 0. The van der Waals surface area contributed by atoms with Crippen LogP contribution in [0, 0.1) is 19.3 Å². The summed E-state index contributed by atoms with van der Waals surface area (Å²) >= 11 is 0. The molecule has 0 unspecified atom stereocenters. The summed E-state index contributed by atoms with van der Waals surface area (Å²) in [5.74, 6) is 0.375. The van der Waals surface area contributed by atoms with Crippen LogP contribution >= 0.6 is 0 Å². The summed E-state index contributed by atoms with van der Waals surface area (Å²) in [7, 11) is 0. The van der Waals surface area contributed by atoms with Gasteiger partial charge in [0, 0.05) is 6.04 Å². The Kier molecular flexibility index (Phi) is 3.10. The van der Waals surface area contributed by atoms with Gasteiger partial charge in [-0.2, -0.15) is 0 Å². The van der Waals surface area contributed by atoms with E-state index in [1.165, 1.54) is 0 Å². The zero-order chi connectivity index (χ0) is 11.8. The molecule has 1 atom stereocenters. The molecule has 0 radical (unpaired) electrons. The van der Waals surface area contributed by atoms with Crippen molar-refractivity contribution in [2.24, 2.45) is 11.1 Å². The first-order valence-corrected chi connectivity index (χ1v) is 5.29. The molecule has 0 aliphatic carbocycles. The van der Waals surface area contributed by atoms with E-state index >= 15 is 0 Å². The monoisotopic (exact) mass is 207 g/mol. The van der Waals surface area contributed by atoms with Crippen LogP contribution in [0.25, 0.3) is 0 Å². The van der Waals surface area contributed by atoms with Gasteiger partial charge < -0.3 is 10.8 Å². The molecule has 0 fully saturated rings. The highest BCUT2D eigenvalue weighted by atomic mass is 16.3. The molecular weight excluding hydrogens is 186 g/mol. The normalized spacial score (nSPS) is 14.0. The average molecular weight is 207 g/mol. The minimum atomic E-state index is -0.00417. The lowest BCUT2D eigenvalue weighted by atomic mass is 9.82. The maximum absolute atomic E-state index is 9.67. The fraction of sp³-hybridized carbons (Fsp3) is 0.538. The largest absolute Gasteiger partial charge is 0.507 e. The van der Waals surface area contributed by atoms with Gasteiger partial charge in [-0.1, -0.05) is 32.9 Å². The second-order valence-electron chi connectivity index (χ2n) is 5.35. The highest BCUT2D eigenvalue weighted by Gasteiger charge is 2.23. The fourth-order valence-electron chi connectivity index (χ4n) is 1.67. The van der Waals surface area contributed by atoms with Crippen LogP contribution in [-0.4, -0.2) is 5.11 Å². The Morgan fingerprint density at radius 3 is 1.87 bits per heavy atom. The molecule has 2 nitrogen and oxygen atoms in total. The predicted molar refractivity (Wildman–Crippen MR) is 64.0 cm³/mol. The molecule has 0 saturated heterocycles. The van der Waals surface area contributed by atoms with Gasteiger partial charge in [-0.25, -0.2) is 0 Å². The van der Waals surface area contributed by atoms with Crippen molar-refractivity contribution in [2.75, 3.05) is 0 Å². The molecular formula is C13H21NO. The van der Waals surface area contributed by atoms with Crippen LogP contribution in [0.2, 0.25) is 0 Å². The van der Waals surface area contributed by atoms with E-state index in [0.717, 1.165) is 16.7 Å². The van der Waals surface area contributed by atoms with Crippen LogP contribution < -0.4 is 5.73 Å². The third kappa shape index (κ3) is 2.51. The molecule has 1 aromatic carbocycles. The van der Waals surface area contributed by atoms with Crippen molar-refractivity contribution >= 4 is 0 Å². The molecule has 1 aromatic rings. The summed E-state index contributed by atoms with van der Waals surface area (Å²) in [6, 6.07) is 3.94. The Balaban J connectivity index is 3.17. The Bertz CT molecular complexity index is 340. The van der Waals surface area contributed by atoms with Crippen molar-refractivity contribution in [3.05, 3.63) is 28.8 Å². The van der Waals surface area contributed by atoms with Crippen LogP contribution in [0.5, 0.6) is 5.75 Å². The van der Waals surface area contributed by atoms with Crippen LogP contribution in [-0.2, 0) is 0 Å². The van der Waals surface area contributed by atoms with Crippen molar-refractivity contribution in [1.29, 1.82) is 0 Å². The van der Waals surface area contributed by atoms with Crippen molar-refractivity contribution in [3.8, 4) is 5.75 Å². The molecule has 0 saturated carbocycles. The number of aryl methyl sites for hydroxylation is 2. The Morgan fingerprint density at radius 1 is 1.13 bits per heavy atom. The number of nitrogens with two attached hydrogens (primary N) is 1. The summed E-state index contributed by atoms with van der Waals surface area (Å²) in [4.78, 5) is 0. The molecule has 2 heteroatoms. The van der Waals surface area contributed by atoms with E-state index in [9.17, 15) is 5.11 Å². The van der Waals surface area contributed by atoms with Gasteiger partial charge in [0.2, 0.25) is 0 Å². The van der Waals surface area contributed by atoms with E-state index < -0.39 is 0 Å². The Labute approximate surface area is 92.1 Å². The second-order valence-corrected chi connectivity index (χ2v) is 5.35. The van der Waals surface area contributed by atoms with Crippen molar-refractivity contribution in [3.63, 3.8) is 0 Å². The Hall–Kier alpha value is -1.02. The average Bonchev–Trinajstić information content (AvgIpc) is 2.10. The van der Waals surface area contributed by atoms with E-state index in [1.54, 1.807) is 0 Å². The summed E-state index contributed by atoms with van der Waals surface area (Å²) in [6.45, 7) is 10.2. The maximum Gasteiger partial charge on any atom is 0.121 e. The Morgan fingerprint density at radius 2 is 1.53 bits per heavy atom. The third-order valence-electron chi connectivity index (χ3n) is 2.81. The van der Waals surface area contributed by atoms with Gasteiger partial charge in [-0.05, 0) is 36.0 Å². The summed E-state index contributed by atoms with van der Waals surface area (Å²) in [6.07, 6.45) is 0. The van der Waals surface area contributed by atoms with Gasteiger partial charge in [0.05, 0.1) is 0 Å². The molecule has 0 aliphatic heterocycles. The van der Waals surface area contributed by atoms with Gasteiger partial charge in [-0.3, -0.25) is 0 Å². The van der Waals surface area contributed by atoms with Crippen molar-refractivity contribution in [2.45, 2.75) is 40.7 Å². The highest BCUT2D eigenvalue weighted by molar-refractivity contribution is 5.43. The molecule has 0 aliphatic rings. The van der Waals surface area contributed by atoms with E-state index in [4.69, 9.17) is 5.73 Å². The van der Waals surface area contributed by atoms with Crippen LogP contribution in [0.3, 0.4) is 0 Å². The third-order valence-corrected chi connectivity index (χ3v) is 2.81. The topological polar surface area (TPSA) is 46.2 Å². The fourth-order valence-corrected chi connectivity index (χ4v) is 1.67. The summed E-state index contributed by atoms with van der Waals surface area (Å²) in [5.41, 5.74) is 9.10. The van der Waals surface area contributed by atoms with Gasteiger partial charge in [0.1, 0.15) is 5.75 Å². The molecule has 3 N–H and O–H groups in total. The molecule has 0 spiro atoms. The lowest BCUT2D eigenvalue weighted by Crippen LogP contribution is -2.26. The van der Waals surface area contributed by atoms with Gasteiger partial charge >= 0.3 is 0 Å². The lowest BCUT2D eigenvalue weighted by Gasteiger charge is -2.28. The lowest BCUT2D eigenvalue weighted by molar-refractivity contribution is 0.326. The number of benzene rings is 1. The minimum absolute atomic E-state index is 0.00417. The molecule has 0 heterocycles. The number of phenolic OH excluding ortho intramolecular Hbond substituents is 1. The molecule has 0 amide bonds. The van der Waals surface area contributed by atoms with Gasteiger partial charge in [0.25, 0.3) is 0 Å². The molecule has 1 rings (SSSR count). The molecule has 0 bridgehead atoms. The zero-order valence-corrected chi connectivity index (χ0v) is 10.3. The van der Waals surface area contributed by atoms with E-state index in [0.29, 0.717) is 5.75 Å². The molecule has 84 valence electrons. The van der Waals surface area contributed by atoms with Gasteiger partial charge in [-0.15, -0.1) is 0 Å².